The number of nitrogens with two attached hydrogens (primary N) is 2. The number of rotatable bonds is 10. The summed E-state index contributed by atoms with van der Waals surface area (Å²) in [6.45, 7) is 4.59. The highest BCUT2D eigenvalue weighted by atomic mass is 16.5. The molecule has 0 aromatic heterocycles. The van der Waals surface area contributed by atoms with E-state index in [1.54, 1.807) is 0 Å². The van der Waals surface area contributed by atoms with Crippen molar-refractivity contribution in [3.8, 4) is 0 Å². The first-order valence-corrected chi connectivity index (χ1v) is 7.01. The van der Waals surface area contributed by atoms with E-state index in [1.165, 1.54) is 7.11 Å². The monoisotopic (exact) mass is 285 g/mol. The second-order valence-corrected chi connectivity index (χ2v) is 5.34. The molecule has 0 saturated carbocycles. The largest absolute Gasteiger partial charge is 0.469 e. The predicted molar refractivity (Wildman–Crippen MR) is 79.1 cm³/mol. The molecule has 0 aromatic carbocycles. The number of aliphatic imine (C=N–C) groups is 1. The average molecular weight is 285 g/mol. The van der Waals surface area contributed by atoms with Gasteiger partial charge in [-0.05, 0) is 25.2 Å². The first-order valence-electron chi connectivity index (χ1n) is 7.01. The Hall–Kier alpha value is -1.59. The van der Waals surface area contributed by atoms with E-state index in [0.717, 1.165) is 6.42 Å². The molecule has 1 unspecified atom stereocenters. The SMILES string of the molecule is COC(=O)C(CCCN=C(N)N)CC(=O)CCC(C)C. The van der Waals surface area contributed by atoms with Gasteiger partial charge in [0.2, 0.25) is 0 Å². The molecule has 0 aliphatic heterocycles. The van der Waals surface area contributed by atoms with Crippen LogP contribution >= 0.6 is 0 Å². The normalized spacial score (nSPS) is 12.0. The van der Waals surface area contributed by atoms with Crippen molar-refractivity contribution >= 4 is 17.7 Å². The molecule has 0 aliphatic carbocycles. The molecule has 20 heavy (non-hydrogen) atoms. The first kappa shape index (κ1) is 18.4. The molecule has 0 fully saturated rings. The fourth-order valence-corrected chi connectivity index (χ4v) is 1.84. The van der Waals surface area contributed by atoms with Crippen molar-refractivity contribution in [1.82, 2.24) is 0 Å². The highest BCUT2D eigenvalue weighted by molar-refractivity contribution is 5.84. The van der Waals surface area contributed by atoms with E-state index in [-0.39, 0.29) is 24.1 Å². The topological polar surface area (TPSA) is 108 Å². The third kappa shape index (κ3) is 9.35. The Morgan fingerprint density at radius 1 is 1.20 bits per heavy atom. The number of carbonyl (C=O) groups is 2. The molecule has 0 saturated heterocycles. The van der Waals surface area contributed by atoms with Crippen LogP contribution in [0.5, 0.6) is 0 Å². The molecule has 0 heterocycles. The lowest BCUT2D eigenvalue weighted by molar-refractivity contribution is -0.147. The third-order valence-electron chi connectivity index (χ3n) is 3.01. The minimum atomic E-state index is -0.395. The molecular formula is C14H27N3O3. The maximum absolute atomic E-state index is 11.8. The Morgan fingerprint density at radius 2 is 1.85 bits per heavy atom. The van der Waals surface area contributed by atoms with Crippen LogP contribution in [0.15, 0.2) is 4.99 Å². The van der Waals surface area contributed by atoms with Gasteiger partial charge in [0.15, 0.2) is 5.96 Å². The van der Waals surface area contributed by atoms with Crippen molar-refractivity contribution < 1.29 is 14.3 Å². The number of methoxy groups -OCH3 is 1. The van der Waals surface area contributed by atoms with Crippen LogP contribution in [0.4, 0.5) is 0 Å². The fourth-order valence-electron chi connectivity index (χ4n) is 1.84. The van der Waals surface area contributed by atoms with Crippen molar-refractivity contribution in [3.05, 3.63) is 0 Å². The van der Waals surface area contributed by atoms with Crippen LogP contribution in [-0.4, -0.2) is 31.4 Å². The van der Waals surface area contributed by atoms with E-state index in [1.807, 2.05) is 0 Å². The van der Waals surface area contributed by atoms with Gasteiger partial charge in [0.1, 0.15) is 5.78 Å². The molecule has 6 nitrogen and oxygen atoms in total. The van der Waals surface area contributed by atoms with Crippen LogP contribution in [0.1, 0.15) is 46.0 Å². The summed E-state index contributed by atoms with van der Waals surface area (Å²) < 4.78 is 4.74. The number of guanidine groups is 1. The number of nitrogens with zero attached hydrogens (tertiary/aromatic N) is 1. The van der Waals surface area contributed by atoms with E-state index < -0.39 is 5.92 Å². The van der Waals surface area contributed by atoms with Gasteiger partial charge in [-0.2, -0.15) is 0 Å². The molecule has 0 bridgehead atoms. The van der Waals surface area contributed by atoms with Gasteiger partial charge >= 0.3 is 5.97 Å². The molecule has 116 valence electrons. The Bertz CT molecular complexity index is 337. The molecule has 0 aliphatic rings. The molecular weight excluding hydrogens is 258 g/mol. The van der Waals surface area contributed by atoms with Crippen LogP contribution in [0.25, 0.3) is 0 Å². The quantitative estimate of drug-likeness (QED) is 0.271. The van der Waals surface area contributed by atoms with Crippen molar-refractivity contribution in [2.24, 2.45) is 28.3 Å². The number of hydrogen-bond acceptors (Lipinski definition) is 4. The molecule has 0 aromatic rings. The summed E-state index contributed by atoms with van der Waals surface area (Å²) in [5.41, 5.74) is 10.5. The number of hydrogen-bond donors (Lipinski definition) is 2. The molecule has 0 spiro atoms. The smallest absolute Gasteiger partial charge is 0.309 e. The van der Waals surface area contributed by atoms with E-state index in [0.29, 0.717) is 31.7 Å². The summed E-state index contributed by atoms with van der Waals surface area (Å²) in [7, 11) is 1.34. The Kier molecular flexibility index (Phi) is 9.41. The second-order valence-electron chi connectivity index (χ2n) is 5.34. The number of ketones is 1. The lowest BCUT2D eigenvalue weighted by Gasteiger charge is -2.13. The third-order valence-corrected chi connectivity index (χ3v) is 3.01. The summed E-state index contributed by atoms with van der Waals surface area (Å²) in [6.07, 6.45) is 2.80. The summed E-state index contributed by atoms with van der Waals surface area (Å²) in [6, 6.07) is 0. The van der Waals surface area contributed by atoms with Gasteiger partial charge < -0.3 is 16.2 Å². The molecule has 1 atom stereocenters. The fraction of sp³-hybridized carbons (Fsp3) is 0.786. The summed E-state index contributed by atoms with van der Waals surface area (Å²) >= 11 is 0. The molecule has 6 heteroatoms. The predicted octanol–water partition coefficient (Wildman–Crippen LogP) is 1.22. The van der Waals surface area contributed by atoms with Gasteiger partial charge in [-0.15, -0.1) is 0 Å². The van der Waals surface area contributed by atoms with E-state index in [2.05, 4.69) is 18.8 Å². The van der Waals surface area contributed by atoms with E-state index in [9.17, 15) is 9.59 Å². The van der Waals surface area contributed by atoms with Crippen molar-refractivity contribution in [3.63, 3.8) is 0 Å². The highest BCUT2D eigenvalue weighted by Gasteiger charge is 2.22. The molecule has 0 amide bonds. The number of Topliss-reactive ketones (excluding diaryl/α,β-unsaturated/α-hetero) is 1. The summed E-state index contributed by atoms with van der Waals surface area (Å²) in [4.78, 5) is 27.4. The molecule has 4 N–H and O–H groups in total. The Balaban J connectivity index is 4.24. The number of ether oxygens (including phenoxy) is 1. The van der Waals surface area contributed by atoms with E-state index >= 15 is 0 Å². The van der Waals surface area contributed by atoms with Crippen LogP contribution in [-0.2, 0) is 14.3 Å². The van der Waals surface area contributed by atoms with Gasteiger partial charge in [0.25, 0.3) is 0 Å². The average Bonchev–Trinajstić information content (AvgIpc) is 2.38. The van der Waals surface area contributed by atoms with Crippen LogP contribution in [0, 0.1) is 11.8 Å². The zero-order chi connectivity index (χ0) is 15.5. The maximum Gasteiger partial charge on any atom is 0.309 e. The standard InChI is InChI=1S/C14H27N3O3/c1-10(2)6-7-12(18)9-11(13(19)20-3)5-4-8-17-14(15)16/h10-11H,4-9H2,1-3H3,(H4,15,16,17). The molecule has 0 rings (SSSR count). The zero-order valence-electron chi connectivity index (χ0n) is 12.7. The maximum atomic E-state index is 11.8. The van der Waals surface area contributed by atoms with Crippen LogP contribution in [0.3, 0.4) is 0 Å². The van der Waals surface area contributed by atoms with Gasteiger partial charge in [-0.1, -0.05) is 13.8 Å². The van der Waals surface area contributed by atoms with E-state index in [4.69, 9.17) is 16.2 Å². The summed E-state index contributed by atoms with van der Waals surface area (Å²) in [5, 5.41) is 0. The van der Waals surface area contributed by atoms with Crippen molar-refractivity contribution in [2.75, 3.05) is 13.7 Å². The second kappa shape index (κ2) is 10.2. The van der Waals surface area contributed by atoms with Gasteiger partial charge in [0, 0.05) is 19.4 Å². The van der Waals surface area contributed by atoms with Crippen LogP contribution < -0.4 is 11.5 Å². The minimum Gasteiger partial charge on any atom is -0.469 e. The van der Waals surface area contributed by atoms with Crippen molar-refractivity contribution in [1.29, 1.82) is 0 Å². The number of esters is 1. The lowest BCUT2D eigenvalue weighted by Crippen LogP contribution is -2.23. The summed E-state index contributed by atoms with van der Waals surface area (Å²) in [5.74, 6) is -0.109. The Morgan fingerprint density at radius 3 is 2.35 bits per heavy atom. The van der Waals surface area contributed by atoms with Crippen molar-refractivity contribution in [2.45, 2.75) is 46.0 Å². The van der Waals surface area contributed by atoms with Crippen LogP contribution in [0.2, 0.25) is 0 Å². The minimum absolute atomic E-state index is 0.0348. The van der Waals surface area contributed by atoms with Gasteiger partial charge in [-0.3, -0.25) is 14.6 Å². The van der Waals surface area contributed by atoms with Gasteiger partial charge in [-0.25, -0.2) is 0 Å². The first-order chi connectivity index (χ1) is 9.36. The lowest BCUT2D eigenvalue weighted by atomic mass is 9.94. The Labute approximate surface area is 120 Å². The highest BCUT2D eigenvalue weighted by Crippen LogP contribution is 2.16. The number of carbonyl (C=O) groups excluding carboxylic acids is 2. The van der Waals surface area contributed by atoms with Gasteiger partial charge in [0.05, 0.1) is 13.0 Å². The molecule has 0 radical (unpaired) electrons. The zero-order valence-corrected chi connectivity index (χ0v) is 12.7.